The maximum atomic E-state index is 12.2. The zero-order valence-electron chi connectivity index (χ0n) is 13.9. The third-order valence-electron chi connectivity index (χ3n) is 3.72. The van der Waals surface area contributed by atoms with Crippen LogP contribution in [0.3, 0.4) is 0 Å². The van der Waals surface area contributed by atoms with Gasteiger partial charge in [0, 0.05) is 16.7 Å². The van der Waals surface area contributed by atoms with Crippen LogP contribution in [-0.2, 0) is 4.79 Å². The summed E-state index contributed by atoms with van der Waals surface area (Å²) in [6.45, 7) is 2.13. The number of amides is 1. The fraction of sp³-hybridized carbons (Fsp3) is 0.235. The second kappa shape index (κ2) is 8.46. The van der Waals surface area contributed by atoms with Crippen LogP contribution in [0, 0.1) is 10.1 Å². The number of nitrogens with two attached hydrogens (primary N) is 1. The zero-order chi connectivity index (χ0) is 18.4. The zero-order valence-corrected chi connectivity index (χ0v) is 14.6. The molecule has 132 valence electrons. The molecule has 1 amide bonds. The standard InChI is InChI=1S/C17H18ClN3O4/c1-11(13-5-3-4-6-14(13)18)19-10-17(22)20-15-8-7-12(21(23)24)9-16(15)25-2/h3-9,11,19H,10H2,1-2H3,(H,20,22)/p+1/t11-/m1/s1. The molecule has 0 aliphatic carbocycles. The van der Waals surface area contributed by atoms with Gasteiger partial charge in [-0.15, -0.1) is 0 Å². The van der Waals surface area contributed by atoms with Crippen LogP contribution in [0.2, 0.25) is 5.02 Å². The monoisotopic (exact) mass is 364 g/mol. The molecule has 0 radical (unpaired) electrons. The summed E-state index contributed by atoms with van der Waals surface area (Å²) in [6.07, 6.45) is 0. The van der Waals surface area contributed by atoms with Gasteiger partial charge in [-0.1, -0.05) is 29.8 Å². The Bertz CT molecular complexity index is 782. The van der Waals surface area contributed by atoms with Gasteiger partial charge in [-0.2, -0.15) is 0 Å². The number of methoxy groups -OCH3 is 1. The van der Waals surface area contributed by atoms with Gasteiger partial charge in [0.1, 0.15) is 11.8 Å². The number of carbonyl (C=O) groups is 1. The lowest BCUT2D eigenvalue weighted by atomic mass is 10.1. The number of nitro groups is 1. The van der Waals surface area contributed by atoms with E-state index in [2.05, 4.69) is 5.32 Å². The molecule has 0 aliphatic rings. The van der Waals surface area contributed by atoms with Crippen LogP contribution in [0.15, 0.2) is 42.5 Å². The lowest BCUT2D eigenvalue weighted by Gasteiger charge is -2.13. The first-order valence-electron chi connectivity index (χ1n) is 7.62. The smallest absolute Gasteiger partial charge is 0.279 e. The highest BCUT2D eigenvalue weighted by molar-refractivity contribution is 6.31. The van der Waals surface area contributed by atoms with E-state index in [1.807, 2.05) is 36.5 Å². The van der Waals surface area contributed by atoms with Gasteiger partial charge in [-0.25, -0.2) is 0 Å². The maximum Gasteiger partial charge on any atom is 0.279 e. The van der Waals surface area contributed by atoms with Crippen LogP contribution >= 0.6 is 11.6 Å². The molecule has 2 rings (SSSR count). The molecule has 0 fully saturated rings. The third-order valence-corrected chi connectivity index (χ3v) is 4.07. The van der Waals surface area contributed by atoms with E-state index < -0.39 is 4.92 Å². The van der Waals surface area contributed by atoms with Gasteiger partial charge in [0.05, 0.1) is 23.8 Å². The van der Waals surface area contributed by atoms with Crippen LogP contribution in [-0.4, -0.2) is 24.5 Å². The van der Waals surface area contributed by atoms with Gasteiger partial charge in [-0.05, 0) is 19.1 Å². The highest BCUT2D eigenvalue weighted by Crippen LogP contribution is 2.28. The van der Waals surface area contributed by atoms with E-state index in [1.165, 1.54) is 25.3 Å². The van der Waals surface area contributed by atoms with E-state index in [9.17, 15) is 14.9 Å². The van der Waals surface area contributed by atoms with E-state index in [0.717, 1.165) is 5.56 Å². The maximum absolute atomic E-state index is 12.2. The minimum absolute atomic E-state index is 0.0122. The number of nitro benzene ring substituents is 1. The Kier molecular flexibility index (Phi) is 6.32. The predicted octanol–water partition coefficient (Wildman–Crippen LogP) is 2.52. The Morgan fingerprint density at radius 1 is 1.36 bits per heavy atom. The lowest BCUT2D eigenvalue weighted by molar-refractivity contribution is -0.682. The number of rotatable bonds is 7. The number of halogens is 1. The molecule has 0 aliphatic heterocycles. The number of hydrogen-bond donors (Lipinski definition) is 2. The summed E-state index contributed by atoms with van der Waals surface area (Å²) in [7, 11) is 1.39. The first-order valence-corrected chi connectivity index (χ1v) is 8.00. The first-order chi connectivity index (χ1) is 11.9. The van der Waals surface area contributed by atoms with Crippen LogP contribution in [0.25, 0.3) is 0 Å². The highest BCUT2D eigenvalue weighted by Gasteiger charge is 2.16. The molecular weight excluding hydrogens is 346 g/mol. The van der Waals surface area contributed by atoms with Crippen molar-refractivity contribution in [1.82, 2.24) is 0 Å². The van der Waals surface area contributed by atoms with Crippen LogP contribution in [0.4, 0.5) is 11.4 Å². The molecule has 2 aromatic rings. The molecule has 2 aromatic carbocycles. The molecule has 0 bridgehead atoms. The number of ether oxygens (including phenoxy) is 1. The second-order valence-electron chi connectivity index (χ2n) is 5.44. The first kappa shape index (κ1) is 18.7. The Morgan fingerprint density at radius 2 is 2.08 bits per heavy atom. The molecule has 0 spiro atoms. The van der Waals surface area contributed by atoms with Crippen molar-refractivity contribution in [3.63, 3.8) is 0 Å². The Morgan fingerprint density at radius 3 is 2.72 bits per heavy atom. The van der Waals surface area contributed by atoms with Gasteiger partial charge in [0.2, 0.25) is 0 Å². The van der Waals surface area contributed by atoms with Crippen molar-refractivity contribution in [3.8, 4) is 5.75 Å². The number of hydrogen-bond acceptors (Lipinski definition) is 4. The van der Waals surface area contributed by atoms with Crippen LogP contribution < -0.4 is 15.4 Å². The molecule has 0 aromatic heterocycles. The van der Waals surface area contributed by atoms with Crippen molar-refractivity contribution >= 4 is 28.9 Å². The summed E-state index contributed by atoms with van der Waals surface area (Å²) >= 11 is 6.15. The Balaban J connectivity index is 1.98. The predicted molar refractivity (Wildman–Crippen MR) is 94.9 cm³/mol. The number of anilines is 1. The van der Waals surface area contributed by atoms with E-state index in [0.29, 0.717) is 10.7 Å². The van der Waals surface area contributed by atoms with E-state index in [1.54, 1.807) is 0 Å². The molecule has 1 atom stereocenters. The van der Waals surface area contributed by atoms with E-state index in [4.69, 9.17) is 16.3 Å². The number of non-ortho nitro benzene ring substituents is 1. The molecule has 0 unspecified atom stereocenters. The highest BCUT2D eigenvalue weighted by atomic mass is 35.5. The molecule has 25 heavy (non-hydrogen) atoms. The summed E-state index contributed by atoms with van der Waals surface area (Å²) in [5.74, 6) is -0.00670. The summed E-state index contributed by atoms with van der Waals surface area (Å²) < 4.78 is 5.10. The summed E-state index contributed by atoms with van der Waals surface area (Å²) in [5, 5.41) is 16.0. The van der Waals surface area contributed by atoms with E-state index >= 15 is 0 Å². The number of nitrogens with one attached hydrogen (secondary N) is 1. The fourth-order valence-corrected chi connectivity index (χ4v) is 2.66. The average molecular weight is 365 g/mol. The number of nitrogens with zero attached hydrogens (tertiary/aromatic N) is 1. The summed E-state index contributed by atoms with van der Waals surface area (Å²) in [5.41, 5.74) is 1.23. The summed E-state index contributed by atoms with van der Waals surface area (Å²) in [6, 6.07) is 11.5. The van der Waals surface area contributed by atoms with E-state index in [-0.39, 0.29) is 29.9 Å². The SMILES string of the molecule is COc1cc([N+](=O)[O-])ccc1NC(=O)C[NH2+][C@H](C)c1ccccc1Cl. The van der Waals surface area contributed by atoms with Gasteiger partial charge < -0.3 is 15.4 Å². The Labute approximate surface area is 150 Å². The van der Waals surface area contributed by atoms with Crippen molar-refractivity contribution in [1.29, 1.82) is 0 Å². The molecular formula is C17H19ClN3O4+. The van der Waals surface area contributed by atoms with Gasteiger partial charge >= 0.3 is 0 Å². The molecule has 3 N–H and O–H groups in total. The third kappa shape index (κ3) is 4.91. The minimum Gasteiger partial charge on any atom is -0.494 e. The molecule has 0 saturated carbocycles. The van der Waals surface area contributed by atoms with Gasteiger partial charge in [0.25, 0.3) is 11.6 Å². The number of quaternary nitrogens is 1. The van der Waals surface area contributed by atoms with Gasteiger partial charge in [0.15, 0.2) is 6.54 Å². The largest absolute Gasteiger partial charge is 0.494 e. The molecule has 8 heteroatoms. The number of carbonyl (C=O) groups excluding carboxylic acids is 1. The van der Waals surface area contributed by atoms with Crippen LogP contribution in [0.1, 0.15) is 18.5 Å². The van der Waals surface area contributed by atoms with Crippen molar-refractivity contribution in [2.75, 3.05) is 19.0 Å². The average Bonchev–Trinajstić information content (AvgIpc) is 2.60. The molecule has 7 nitrogen and oxygen atoms in total. The molecule has 0 saturated heterocycles. The fourth-order valence-electron chi connectivity index (χ4n) is 2.35. The number of benzene rings is 2. The quantitative estimate of drug-likeness (QED) is 0.582. The lowest BCUT2D eigenvalue weighted by Crippen LogP contribution is -2.86. The van der Waals surface area contributed by atoms with Gasteiger partial charge in [-0.3, -0.25) is 14.9 Å². The van der Waals surface area contributed by atoms with Crippen molar-refractivity contribution in [2.24, 2.45) is 0 Å². The normalized spacial score (nSPS) is 11.6. The molecule has 0 heterocycles. The van der Waals surface area contributed by atoms with Crippen molar-refractivity contribution in [3.05, 3.63) is 63.2 Å². The van der Waals surface area contributed by atoms with Crippen LogP contribution in [0.5, 0.6) is 5.75 Å². The van der Waals surface area contributed by atoms with Crippen molar-refractivity contribution in [2.45, 2.75) is 13.0 Å². The summed E-state index contributed by atoms with van der Waals surface area (Å²) in [4.78, 5) is 22.4. The Hall–Kier alpha value is -2.64. The second-order valence-corrected chi connectivity index (χ2v) is 5.85. The topological polar surface area (TPSA) is 98.1 Å². The van der Waals surface area contributed by atoms with Crippen molar-refractivity contribution < 1.29 is 19.8 Å². The minimum atomic E-state index is -0.521.